The number of aromatic nitrogens is 4. The van der Waals surface area contributed by atoms with Gasteiger partial charge in [0.2, 0.25) is 5.65 Å². The van der Waals surface area contributed by atoms with Gasteiger partial charge in [-0.05, 0) is 12.8 Å². The third-order valence-corrected chi connectivity index (χ3v) is 3.41. The van der Waals surface area contributed by atoms with Crippen molar-refractivity contribution in [2.24, 2.45) is 12.8 Å². The molecule has 2 aromatic rings. The van der Waals surface area contributed by atoms with Crippen LogP contribution in [0.25, 0.3) is 5.65 Å². The highest BCUT2D eigenvalue weighted by Gasteiger charge is 2.20. The first-order valence-corrected chi connectivity index (χ1v) is 6.07. The Balaban J connectivity index is 2.07. The molecule has 0 aromatic carbocycles. The lowest BCUT2D eigenvalue weighted by atomic mass is 10.1. The summed E-state index contributed by atoms with van der Waals surface area (Å²) < 4.78 is 2.85. The molecule has 0 aliphatic carbocycles. The van der Waals surface area contributed by atoms with Crippen molar-refractivity contribution < 1.29 is 0 Å². The van der Waals surface area contributed by atoms with Crippen molar-refractivity contribution in [3.8, 4) is 0 Å². The number of aryl methyl sites for hydroxylation is 1. The van der Waals surface area contributed by atoms with Gasteiger partial charge in [0.05, 0.1) is 0 Å². The molecule has 0 unspecified atom stereocenters. The van der Waals surface area contributed by atoms with Gasteiger partial charge in [-0.3, -0.25) is 0 Å². The average Bonchev–Trinajstić information content (AvgIpc) is 2.67. The van der Waals surface area contributed by atoms with Crippen LogP contribution in [0.3, 0.4) is 0 Å². The molecule has 0 radical (unpaired) electrons. The van der Waals surface area contributed by atoms with Gasteiger partial charge in [-0.1, -0.05) is 0 Å². The predicted molar refractivity (Wildman–Crippen MR) is 67.7 cm³/mol. The zero-order valence-corrected chi connectivity index (χ0v) is 10.3. The zero-order valence-electron chi connectivity index (χ0n) is 10.3. The molecule has 0 atom stereocenters. The Morgan fingerprint density at radius 1 is 1.39 bits per heavy atom. The van der Waals surface area contributed by atoms with Crippen molar-refractivity contribution in [3.05, 3.63) is 22.9 Å². The van der Waals surface area contributed by atoms with Crippen LogP contribution in [0.1, 0.15) is 12.8 Å². The van der Waals surface area contributed by atoms with Crippen LogP contribution in [0, 0.1) is 0 Å². The first-order chi connectivity index (χ1) is 8.66. The Labute approximate surface area is 104 Å². The van der Waals surface area contributed by atoms with Crippen LogP contribution in [-0.2, 0) is 7.05 Å². The van der Waals surface area contributed by atoms with E-state index in [4.69, 9.17) is 5.73 Å². The predicted octanol–water partition coefficient (Wildman–Crippen LogP) is -0.644. The lowest BCUT2D eigenvalue weighted by Crippen LogP contribution is -2.40. The number of anilines is 1. The normalized spacial score (nSPS) is 17.6. The molecule has 0 saturated carbocycles. The Kier molecular flexibility index (Phi) is 2.55. The highest BCUT2D eigenvalue weighted by Crippen LogP contribution is 2.19. The number of hydrogen-bond donors (Lipinski definition) is 1. The monoisotopic (exact) mass is 248 g/mol. The summed E-state index contributed by atoms with van der Waals surface area (Å²) >= 11 is 0. The van der Waals surface area contributed by atoms with Crippen LogP contribution in [0.4, 0.5) is 5.82 Å². The van der Waals surface area contributed by atoms with Crippen molar-refractivity contribution in [2.75, 3.05) is 18.0 Å². The summed E-state index contributed by atoms with van der Waals surface area (Å²) in [6, 6.07) is 0.270. The van der Waals surface area contributed by atoms with Crippen molar-refractivity contribution in [2.45, 2.75) is 18.9 Å². The molecule has 7 nitrogen and oxygen atoms in total. The number of rotatable bonds is 1. The Morgan fingerprint density at radius 2 is 2.11 bits per heavy atom. The summed E-state index contributed by atoms with van der Waals surface area (Å²) in [7, 11) is 1.64. The van der Waals surface area contributed by atoms with Crippen molar-refractivity contribution >= 4 is 11.5 Å². The number of hydrogen-bond acceptors (Lipinski definition) is 5. The van der Waals surface area contributed by atoms with Gasteiger partial charge in [-0.25, -0.2) is 18.9 Å². The van der Waals surface area contributed by atoms with Gasteiger partial charge in [-0.15, -0.1) is 5.10 Å². The molecule has 0 spiro atoms. The quantitative estimate of drug-likeness (QED) is 0.725. The lowest BCUT2D eigenvalue weighted by molar-refractivity contribution is 0.499. The van der Waals surface area contributed by atoms with Gasteiger partial charge in [0, 0.05) is 38.6 Å². The maximum Gasteiger partial charge on any atom is 0.350 e. The minimum absolute atomic E-state index is 0.151. The first kappa shape index (κ1) is 11.2. The van der Waals surface area contributed by atoms with Gasteiger partial charge in [0.1, 0.15) is 0 Å². The highest BCUT2D eigenvalue weighted by atomic mass is 16.2. The fraction of sp³-hybridized carbons (Fsp3) is 0.545. The molecule has 0 amide bonds. The van der Waals surface area contributed by atoms with E-state index in [1.54, 1.807) is 19.4 Å². The van der Waals surface area contributed by atoms with Crippen molar-refractivity contribution in [1.82, 2.24) is 19.2 Å². The zero-order chi connectivity index (χ0) is 12.7. The van der Waals surface area contributed by atoms with E-state index in [0.717, 1.165) is 31.7 Å². The molecule has 2 N–H and O–H groups in total. The number of nitrogens with zero attached hydrogens (tertiary/aromatic N) is 5. The van der Waals surface area contributed by atoms with E-state index in [1.807, 2.05) is 0 Å². The first-order valence-electron chi connectivity index (χ1n) is 6.07. The Morgan fingerprint density at radius 3 is 2.83 bits per heavy atom. The van der Waals surface area contributed by atoms with E-state index < -0.39 is 0 Å². The molecule has 1 fully saturated rings. The average molecular weight is 248 g/mol. The summed E-state index contributed by atoms with van der Waals surface area (Å²) in [5.74, 6) is 0.766. The Hall–Kier alpha value is -1.89. The van der Waals surface area contributed by atoms with E-state index in [-0.39, 0.29) is 11.7 Å². The standard InChI is InChI=1S/C11H16N6O/c1-15-11(18)17-7-4-13-9(10(17)14-15)16-5-2-8(12)3-6-16/h4,7-8H,2-3,5-6,12H2,1H3. The van der Waals surface area contributed by atoms with Crippen LogP contribution in [0.5, 0.6) is 0 Å². The highest BCUT2D eigenvalue weighted by molar-refractivity contribution is 5.63. The summed E-state index contributed by atoms with van der Waals surface area (Å²) in [6.45, 7) is 1.72. The fourth-order valence-corrected chi connectivity index (χ4v) is 2.33. The second-order valence-electron chi connectivity index (χ2n) is 4.68. The van der Waals surface area contributed by atoms with E-state index >= 15 is 0 Å². The van der Waals surface area contributed by atoms with Crippen molar-refractivity contribution in [1.29, 1.82) is 0 Å². The van der Waals surface area contributed by atoms with Gasteiger partial charge >= 0.3 is 5.69 Å². The summed E-state index contributed by atoms with van der Waals surface area (Å²) in [6.07, 6.45) is 5.17. The van der Waals surface area contributed by atoms with Crippen LogP contribution < -0.4 is 16.3 Å². The summed E-state index contributed by atoms with van der Waals surface area (Å²) in [5, 5.41) is 4.24. The largest absolute Gasteiger partial charge is 0.353 e. The molecule has 3 rings (SSSR count). The second-order valence-corrected chi connectivity index (χ2v) is 4.68. The van der Waals surface area contributed by atoms with Gasteiger partial charge in [0.25, 0.3) is 0 Å². The molecule has 3 heterocycles. The molecule has 18 heavy (non-hydrogen) atoms. The third-order valence-electron chi connectivity index (χ3n) is 3.41. The summed E-state index contributed by atoms with van der Waals surface area (Å²) in [5.41, 5.74) is 6.35. The van der Waals surface area contributed by atoms with Gasteiger partial charge in [-0.2, -0.15) is 0 Å². The Bertz CT molecular complexity index is 622. The topological polar surface area (TPSA) is 81.4 Å². The minimum Gasteiger partial charge on any atom is -0.353 e. The van der Waals surface area contributed by atoms with Crippen LogP contribution in [0.2, 0.25) is 0 Å². The molecular weight excluding hydrogens is 232 g/mol. The number of piperidine rings is 1. The van der Waals surface area contributed by atoms with Crippen LogP contribution >= 0.6 is 0 Å². The molecule has 1 saturated heterocycles. The minimum atomic E-state index is -0.151. The molecular formula is C11H16N6O. The number of fused-ring (bicyclic) bond motifs is 1. The molecule has 0 bridgehead atoms. The van der Waals surface area contributed by atoms with Crippen LogP contribution in [0.15, 0.2) is 17.2 Å². The molecule has 2 aromatic heterocycles. The van der Waals surface area contributed by atoms with Gasteiger partial charge < -0.3 is 10.6 Å². The molecule has 96 valence electrons. The SMILES string of the molecule is Cn1nc2c(N3CCC(N)CC3)nccn2c1=O. The van der Waals surface area contributed by atoms with Gasteiger partial charge in [0.15, 0.2) is 5.82 Å². The number of nitrogens with two attached hydrogens (primary N) is 1. The van der Waals surface area contributed by atoms with E-state index in [9.17, 15) is 4.79 Å². The maximum absolute atomic E-state index is 11.8. The molecule has 1 aliphatic heterocycles. The second kappa shape index (κ2) is 4.09. The van der Waals surface area contributed by atoms with Crippen LogP contribution in [-0.4, -0.2) is 38.3 Å². The smallest absolute Gasteiger partial charge is 0.350 e. The maximum atomic E-state index is 11.8. The van der Waals surface area contributed by atoms with E-state index in [1.165, 1.54) is 9.08 Å². The van der Waals surface area contributed by atoms with E-state index in [2.05, 4.69) is 15.0 Å². The molecule has 1 aliphatic rings. The van der Waals surface area contributed by atoms with Crippen molar-refractivity contribution in [3.63, 3.8) is 0 Å². The van der Waals surface area contributed by atoms with E-state index in [0.29, 0.717) is 5.65 Å². The fourth-order valence-electron chi connectivity index (χ4n) is 2.33. The third kappa shape index (κ3) is 1.67. The summed E-state index contributed by atoms with van der Waals surface area (Å²) in [4.78, 5) is 18.3. The lowest BCUT2D eigenvalue weighted by Gasteiger charge is -2.30. The molecule has 7 heteroatoms.